The minimum atomic E-state index is -2.68. The van der Waals surface area contributed by atoms with Crippen molar-refractivity contribution in [2.24, 2.45) is 0 Å². The zero-order chi connectivity index (χ0) is 21.0. The molecule has 0 heterocycles. The molecule has 0 saturated carbocycles. The maximum absolute atomic E-state index is 13.4. The lowest BCUT2D eigenvalue weighted by Gasteiger charge is -2.11. The van der Waals surface area contributed by atoms with Crippen LogP contribution >= 0.6 is 9.24 Å². The van der Waals surface area contributed by atoms with E-state index in [9.17, 15) is 43.9 Å². The van der Waals surface area contributed by atoms with Gasteiger partial charge in [-0.25, -0.2) is 43.9 Å². The summed E-state index contributed by atoms with van der Waals surface area (Å²) in [5.74, 6) is -26.6. The molecular formula is C16H11F10P. The van der Waals surface area contributed by atoms with Crippen molar-refractivity contribution in [3.8, 4) is 11.1 Å². The van der Waals surface area contributed by atoms with Crippen LogP contribution in [0.1, 0.15) is 19.8 Å². The van der Waals surface area contributed by atoms with E-state index < -0.39 is 69.3 Å². The third kappa shape index (κ3) is 4.36. The molecule has 150 valence electrons. The maximum atomic E-state index is 13.4. The van der Waals surface area contributed by atoms with Gasteiger partial charge in [0.25, 0.3) is 0 Å². The van der Waals surface area contributed by atoms with Gasteiger partial charge in [0.05, 0.1) is 11.1 Å². The highest BCUT2D eigenvalue weighted by atomic mass is 31.0. The molecule has 0 aliphatic heterocycles. The standard InChI is InChI=1S/C12F10.C4H11P/c13-3-1(4(14)8(18)11(21)7(3)17)2-5(15)9(19)12(22)10(20)6(2)16;1-2-3-4-5/h;2-5H2,1H3. The Morgan fingerprint density at radius 2 is 0.704 bits per heavy atom. The molecule has 0 fully saturated rings. The summed E-state index contributed by atoms with van der Waals surface area (Å²) in [6, 6.07) is 0. The Hall–Kier alpha value is -1.83. The number of hydrogen-bond acceptors (Lipinski definition) is 0. The second kappa shape index (κ2) is 9.39. The minimum Gasteiger partial charge on any atom is -0.203 e. The highest BCUT2D eigenvalue weighted by Gasteiger charge is 2.34. The first-order valence-corrected chi connectivity index (χ1v) is 8.07. The monoisotopic (exact) mass is 424 g/mol. The largest absolute Gasteiger partial charge is 0.203 e. The molecule has 2 aromatic rings. The Balaban J connectivity index is 0.000000646. The molecule has 0 aliphatic rings. The molecule has 2 aromatic carbocycles. The predicted molar refractivity (Wildman–Crippen MR) is 80.9 cm³/mol. The van der Waals surface area contributed by atoms with E-state index in [2.05, 4.69) is 16.2 Å². The SMILES string of the molecule is CCCCP.Fc1c(F)c(F)c(-c2c(F)c(F)c(F)c(F)c2F)c(F)c1F. The summed E-state index contributed by atoms with van der Waals surface area (Å²) in [6.45, 7) is 2.20. The van der Waals surface area contributed by atoms with E-state index in [4.69, 9.17) is 0 Å². The van der Waals surface area contributed by atoms with E-state index in [0.717, 1.165) is 0 Å². The Kier molecular flexibility index (Phi) is 8.07. The quantitative estimate of drug-likeness (QED) is 0.231. The third-order valence-corrected chi connectivity index (χ3v) is 3.64. The van der Waals surface area contributed by atoms with E-state index in [0.29, 0.717) is 0 Å². The van der Waals surface area contributed by atoms with Crippen LogP contribution in [0, 0.1) is 58.2 Å². The van der Waals surface area contributed by atoms with Crippen LogP contribution < -0.4 is 0 Å². The zero-order valence-electron chi connectivity index (χ0n) is 13.5. The van der Waals surface area contributed by atoms with Gasteiger partial charge in [0.1, 0.15) is 0 Å². The number of rotatable bonds is 3. The van der Waals surface area contributed by atoms with Gasteiger partial charge in [0.2, 0.25) is 11.6 Å². The topological polar surface area (TPSA) is 0 Å². The molecule has 0 bridgehead atoms. The number of unbranched alkanes of at least 4 members (excludes halogenated alkanes) is 1. The van der Waals surface area contributed by atoms with E-state index in [1.165, 1.54) is 19.0 Å². The average molecular weight is 424 g/mol. The van der Waals surface area contributed by atoms with E-state index in [-0.39, 0.29) is 0 Å². The predicted octanol–water partition coefficient (Wildman–Crippen LogP) is 6.41. The summed E-state index contributed by atoms with van der Waals surface area (Å²) in [7, 11) is 2.70. The van der Waals surface area contributed by atoms with Gasteiger partial charge in [-0.2, -0.15) is 0 Å². The molecule has 11 heteroatoms. The summed E-state index contributed by atoms with van der Waals surface area (Å²) < 4.78 is 131. The summed E-state index contributed by atoms with van der Waals surface area (Å²) in [6.07, 6.45) is 3.94. The van der Waals surface area contributed by atoms with Gasteiger partial charge >= 0.3 is 0 Å². The Morgan fingerprint density at radius 1 is 0.481 bits per heavy atom. The first kappa shape index (κ1) is 23.2. The number of benzene rings is 2. The van der Waals surface area contributed by atoms with Crippen LogP contribution in [-0.2, 0) is 0 Å². The second-order valence-corrected chi connectivity index (χ2v) is 5.61. The fourth-order valence-electron chi connectivity index (χ4n) is 1.85. The normalized spacial score (nSPS) is 10.7. The zero-order valence-corrected chi connectivity index (χ0v) is 14.6. The third-order valence-electron chi connectivity index (χ3n) is 3.23. The summed E-state index contributed by atoms with van der Waals surface area (Å²) in [4.78, 5) is 0. The van der Waals surface area contributed by atoms with Gasteiger partial charge < -0.3 is 0 Å². The van der Waals surface area contributed by atoms with Crippen LogP contribution in [-0.4, -0.2) is 6.16 Å². The molecule has 0 spiro atoms. The van der Waals surface area contributed by atoms with Crippen LogP contribution in [0.25, 0.3) is 11.1 Å². The fraction of sp³-hybridized carbons (Fsp3) is 0.250. The Bertz CT molecular complexity index is 723. The molecule has 1 atom stereocenters. The van der Waals surface area contributed by atoms with Gasteiger partial charge in [-0.1, -0.05) is 19.8 Å². The highest BCUT2D eigenvalue weighted by molar-refractivity contribution is 7.16. The molecule has 27 heavy (non-hydrogen) atoms. The fourth-order valence-corrected chi connectivity index (χ4v) is 2.26. The second-order valence-electron chi connectivity index (χ2n) is 5.03. The molecule has 0 amide bonds. The first-order valence-electron chi connectivity index (χ1n) is 7.26. The summed E-state index contributed by atoms with van der Waals surface area (Å²) in [5, 5.41) is 0. The maximum Gasteiger partial charge on any atom is 0.200 e. The molecule has 0 N–H and O–H groups in total. The molecule has 0 aromatic heterocycles. The van der Waals surface area contributed by atoms with Crippen molar-refractivity contribution in [2.75, 3.05) is 6.16 Å². The summed E-state index contributed by atoms with van der Waals surface area (Å²) >= 11 is 0. The molecular weight excluding hydrogens is 413 g/mol. The smallest absolute Gasteiger partial charge is 0.200 e. The Labute approximate surface area is 149 Å². The van der Waals surface area contributed by atoms with Crippen molar-refractivity contribution in [1.82, 2.24) is 0 Å². The van der Waals surface area contributed by atoms with E-state index in [1.54, 1.807) is 0 Å². The van der Waals surface area contributed by atoms with Gasteiger partial charge in [0, 0.05) is 0 Å². The number of hydrogen-bond donors (Lipinski definition) is 0. The van der Waals surface area contributed by atoms with Crippen molar-refractivity contribution in [3.63, 3.8) is 0 Å². The molecule has 0 radical (unpaired) electrons. The summed E-state index contributed by atoms with van der Waals surface area (Å²) in [5.41, 5.74) is -4.52. The number of halogens is 10. The van der Waals surface area contributed by atoms with Crippen molar-refractivity contribution < 1.29 is 43.9 Å². The van der Waals surface area contributed by atoms with Crippen molar-refractivity contribution >= 4 is 9.24 Å². The Morgan fingerprint density at radius 3 is 0.852 bits per heavy atom. The molecule has 2 rings (SSSR count). The van der Waals surface area contributed by atoms with E-state index >= 15 is 0 Å². The average Bonchev–Trinajstić information content (AvgIpc) is 2.65. The molecule has 1 unspecified atom stereocenters. The van der Waals surface area contributed by atoms with Gasteiger partial charge in [-0.3, -0.25) is 0 Å². The van der Waals surface area contributed by atoms with Crippen LogP contribution in [0.4, 0.5) is 43.9 Å². The lowest BCUT2D eigenvalue weighted by atomic mass is 10.0. The lowest BCUT2D eigenvalue weighted by Crippen LogP contribution is -2.10. The van der Waals surface area contributed by atoms with E-state index in [1.807, 2.05) is 0 Å². The molecule has 0 saturated heterocycles. The minimum absolute atomic E-state index is 1.26. The van der Waals surface area contributed by atoms with Crippen molar-refractivity contribution in [3.05, 3.63) is 58.2 Å². The molecule has 0 aliphatic carbocycles. The van der Waals surface area contributed by atoms with Crippen molar-refractivity contribution in [2.45, 2.75) is 19.8 Å². The van der Waals surface area contributed by atoms with Crippen LogP contribution in [0.2, 0.25) is 0 Å². The van der Waals surface area contributed by atoms with Crippen LogP contribution in [0.3, 0.4) is 0 Å². The molecule has 0 nitrogen and oxygen atoms in total. The van der Waals surface area contributed by atoms with Gasteiger partial charge in [-0.15, -0.1) is 9.24 Å². The highest BCUT2D eigenvalue weighted by Crippen LogP contribution is 2.37. The van der Waals surface area contributed by atoms with Gasteiger partial charge in [0.15, 0.2) is 46.5 Å². The lowest BCUT2D eigenvalue weighted by molar-refractivity contribution is 0.370. The van der Waals surface area contributed by atoms with Crippen LogP contribution in [0.15, 0.2) is 0 Å². The van der Waals surface area contributed by atoms with Crippen LogP contribution in [0.5, 0.6) is 0 Å². The first-order chi connectivity index (χ1) is 12.5. The van der Waals surface area contributed by atoms with Crippen molar-refractivity contribution in [1.29, 1.82) is 0 Å². The van der Waals surface area contributed by atoms with Gasteiger partial charge in [-0.05, 0) is 6.16 Å².